The molecule has 0 radical (unpaired) electrons. The van der Waals surface area contributed by atoms with Crippen molar-refractivity contribution < 1.29 is 14.7 Å². The number of aliphatic carboxylic acids is 1. The number of benzene rings is 1. The normalized spacial score (nSPS) is 14.8. The average molecular weight is 332 g/mol. The molecule has 5 heteroatoms. The van der Waals surface area contributed by atoms with E-state index in [0.29, 0.717) is 22.6 Å². The van der Waals surface area contributed by atoms with Crippen LogP contribution in [0.1, 0.15) is 28.8 Å². The zero-order valence-electron chi connectivity index (χ0n) is 12.8. The van der Waals surface area contributed by atoms with Gasteiger partial charge in [-0.05, 0) is 31.4 Å². The van der Waals surface area contributed by atoms with Crippen molar-refractivity contribution in [2.75, 3.05) is 0 Å². The second-order valence-corrected chi connectivity index (χ2v) is 5.75. The summed E-state index contributed by atoms with van der Waals surface area (Å²) < 4.78 is 0. The smallest absolute Gasteiger partial charge is 0.326 e. The number of rotatable bonds is 5. The molecular formula is C18H18ClNO3. The van der Waals surface area contributed by atoms with Crippen LogP contribution in [0.4, 0.5) is 0 Å². The summed E-state index contributed by atoms with van der Waals surface area (Å²) in [5.41, 5.74) is 1.97. The lowest BCUT2D eigenvalue weighted by Crippen LogP contribution is -2.41. The Bertz CT molecular complexity index is 684. The second-order valence-electron chi connectivity index (χ2n) is 5.34. The molecule has 0 saturated carbocycles. The Morgan fingerprint density at radius 2 is 2.09 bits per heavy atom. The van der Waals surface area contributed by atoms with E-state index in [-0.39, 0.29) is 6.42 Å². The lowest BCUT2D eigenvalue weighted by molar-refractivity contribution is -0.139. The molecule has 0 heterocycles. The molecule has 1 amide bonds. The number of nitrogens with one attached hydrogen (secondary N) is 1. The molecule has 1 aliphatic carbocycles. The summed E-state index contributed by atoms with van der Waals surface area (Å²) in [6, 6.07) is 4.13. The minimum Gasteiger partial charge on any atom is -0.480 e. The van der Waals surface area contributed by atoms with E-state index < -0.39 is 17.9 Å². The Kier molecular flexibility index (Phi) is 5.77. The van der Waals surface area contributed by atoms with Gasteiger partial charge in [-0.2, -0.15) is 0 Å². The van der Waals surface area contributed by atoms with Crippen LogP contribution in [0.25, 0.3) is 0 Å². The summed E-state index contributed by atoms with van der Waals surface area (Å²) >= 11 is 6.06. The van der Waals surface area contributed by atoms with Crippen LogP contribution in [0.5, 0.6) is 0 Å². The molecule has 2 rings (SSSR count). The summed E-state index contributed by atoms with van der Waals surface area (Å²) in [5.74, 6) is -1.54. The molecule has 0 unspecified atom stereocenters. The number of hydrogen-bond acceptors (Lipinski definition) is 2. The first-order chi connectivity index (χ1) is 11.0. The molecule has 0 bridgehead atoms. The van der Waals surface area contributed by atoms with Crippen LogP contribution < -0.4 is 5.32 Å². The summed E-state index contributed by atoms with van der Waals surface area (Å²) in [6.45, 7) is 1.76. The maximum Gasteiger partial charge on any atom is 0.326 e. The first-order valence-electron chi connectivity index (χ1n) is 7.29. The zero-order valence-corrected chi connectivity index (χ0v) is 13.5. The predicted molar refractivity (Wildman–Crippen MR) is 90.7 cm³/mol. The van der Waals surface area contributed by atoms with Gasteiger partial charge in [0.15, 0.2) is 0 Å². The van der Waals surface area contributed by atoms with Crippen molar-refractivity contribution in [2.45, 2.75) is 25.8 Å². The van der Waals surface area contributed by atoms with Gasteiger partial charge in [-0.3, -0.25) is 4.79 Å². The predicted octanol–water partition coefficient (Wildman–Crippen LogP) is 3.66. The standard InChI is InChI=1S/C18H18ClNO3/c1-12-7-6-10-14(19)16(12)17(21)20-15(18(22)23)11-13-8-4-2-3-5-9-13/h2-8,10,15H,9,11H2,1H3,(H,20,21)(H,22,23)/t15-/m0/s1. The quantitative estimate of drug-likeness (QED) is 0.865. The highest BCUT2D eigenvalue weighted by molar-refractivity contribution is 6.34. The third-order valence-electron chi connectivity index (χ3n) is 3.59. The van der Waals surface area contributed by atoms with Gasteiger partial charge in [0.2, 0.25) is 0 Å². The van der Waals surface area contributed by atoms with E-state index in [0.717, 1.165) is 5.57 Å². The third-order valence-corrected chi connectivity index (χ3v) is 3.90. The van der Waals surface area contributed by atoms with Gasteiger partial charge < -0.3 is 10.4 Å². The van der Waals surface area contributed by atoms with E-state index in [9.17, 15) is 14.7 Å². The van der Waals surface area contributed by atoms with Crippen molar-refractivity contribution in [3.8, 4) is 0 Å². The highest BCUT2D eigenvalue weighted by Gasteiger charge is 2.23. The summed E-state index contributed by atoms with van der Waals surface area (Å²) in [7, 11) is 0. The Hall–Kier alpha value is -2.33. The Labute approximate surface area is 140 Å². The summed E-state index contributed by atoms with van der Waals surface area (Å²) in [6.07, 6.45) is 10.4. The van der Waals surface area contributed by atoms with Gasteiger partial charge in [0.1, 0.15) is 6.04 Å². The molecule has 1 aliphatic rings. The fourth-order valence-corrected chi connectivity index (χ4v) is 2.69. The van der Waals surface area contributed by atoms with Crippen LogP contribution in [0.15, 0.2) is 54.2 Å². The van der Waals surface area contributed by atoms with E-state index >= 15 is 0 Å². The van der Waals surface area contributed by atoms with Gasteiger partial charge in [0.05, 0.1) is 10.6 Å². The SMILES string of the molecule is Cc1cccc(Cl)c1C(=O)N[C@@H](CC1=CC=CC=CC1)C(=O)O. The monoisotopic (exact) mass is 331 g/mol. The van der Waals surface area contributed by atoms with Crippen molar-refractivity contribution in [1.82, 2.24) is 5.32 Å². The van der Waals surface area contributed by atoms with Crippen LogP contribution in [0.2, 0.25) is 5.02 Å². The maximum atomic E-state index is 12.4. The first-order valence-corrected chi connectivity index (χ1v) is 7.67. The lowest BCUT2D eigenvalue weighted by Gasteiger charge is -2.17. The number of carboxylic acids is 1. The molecule has 23 heavy (non-hydrogen) atoms. The van der Waals surface area contributed by atoms with E-state index in [2.05, 4.69) is 5.32 Å². The molecule has 4 nitrogen and oxygen atoms in total. The third kappa shape index (κ3) is 4.57. The van der Waals surface area contributed by atoms with Crippen LogP contribution in [-0.2, 0) is 4.79 Å². The van der Waals surface area contributed by atoms with Gasteiger partial charge in [-0.15, -0.1) is 0 Å². The molecule has 0 aromatic heterocycles. The van der Waals surface area contributed by atoms with Crippen molar-refractivity contribution in [2.24, 2.45) is 0 Å². The van der Waals surface area contributed by atoms with E-state index in [1.54, 1.807) is 25.1 Å². The van der Waals surface area contributed by atoms with Crippen molar-refractivity contribution >= 4 is 23.5 Å². The number of carboxylic acid groups (broad SMARTS) is 1. The topological polar surface area (TPSA) is 66.4 Å². The van der Waals surface area contributed by atoms with Crippen molar-refractivity contribution in [3.63, 3.8) is 0 Å². The number of halogens is 1. The van der Waals surface area contributed by atoms with Crippen molar-refractivity contribution in [3.05, 3.63) is 70.3 Å². The van der Waals surface area contributed by atoms with E-state index in [4.69, 9.17) is 11.6 Å². The zero-order chi connectivity index (χ0) is 16.8. The van der Waals surface area contributed by atoms with Crippen LogP contribution >= 0.6 is 11.6 Å². The lowest BCUT2D eigenvalue weighted by atomic mass is 10.0. The molecule has 0 spiro atoms. The van der Waals surface area contributed by atoms with E-state index in [1.165, 1.54) is 0 Å². The van der Waals surface area contributed by atoms with E-state index in [1.807, 2.05) is 30.4 Å². The number of allylic oxidation sites excluding steroid dienone is 5. The van der Waals surface area contributed by atoms with Gasteiger partial charge in [0.25, 0.3) is 5.91 Å². The first kappa shape index (κ1) is 17.0. The summed E-state index contributed by atoms with van der Waals surface area (Å²) in [5, 5.41) is 12.3. The van der Waals surface area contributed by atoms with Gasteiger partial charge >= 0.3 is 5.97 Å². The Morgan fingerprint density at radius 1 is 1.30 bits per heavy atom. The molecule has 0 fully saturated rings. The molecule has 120 valence electrons. The number of carbonyl (C=O) groups excluding carboxylic acids is 1. The number of aryl methyl sites for hydroxylation is 1. The van der Waals surface area contributed by atoms with Gasteiger partial charge in [-0.1, -0.05) is 59.7 Å². The number of amides is 1. The minimum atomic E-state index is -1.07. The molecular weight excluding hydrogens is 314 g/mol. The fourth-order valence-electron chi connectivity index (χ4n) is 2.39. The molecule has 2 N–H and O–H groups in total. The highest BCUT2D eigenvalue weighted by atomic mass is 35.5. The van der Waals surface area contributed by atoms with Crippen LogP contribution in [-0.4, -0.2) is 23.0 Å². The van der Waals surface area contributed by atoms with Crippen LogP contribution in [0.3, 0.4) is 0 Å². The van der Waals surface area contributed by atoms with Gasteiger partial charge in [-0.25, -0.2) is 4.79 Å². The molecule has 1 aromatic carbocycles. The number of hydrogen-bond donors (Lipinski definition) is 2. The molecule has 0 aliphatic heterocycles. The van der Waals surface area contributed by atoms with Gasteiger partial charge in [0, 0.05) is 0 Å². The Balaban J connectivity index is 2.15. The van der Waals surface area contributed by atoms with Crippen molar-refractivity contribution in [1.29, 1.82) is 0 Å². The largest absolute Gasteiger partial charge is 0.480 e. The average Bonchev–Trinajstić information content (AvgIpc) is 2.75. The minimum absolute atomic E-state index is 0.249. The molecule has 1 aromatic rings. The molecule has 0 saturated heterocycles. The molecule has 1 atom stereocenters. The Morgan fingerprint density at radius 3 is 2.78 bits per heavy atom. The summed E-state index contributed by atoms with van der Waals surface area (Å²) in [4.78, 5) is 23.9. The number of carbonyl (C=O) groups is 2. The highest BCUT2D eigenvalue weighted by Crippen LogP contribution is 2.20. The second kappa shape index (κ2) is 7.79. The fraction of sp³-hybridized carbons (Fsp3) is 0.222. The maximum absolute atomic E-state index is 12.4. The van der Waals surface area contributed by atoms with Crippen LogP contribution in [0, 0.1) is 6.92 Å².